The quantitative estimate of drug-likeness (QED) is 0.188. The lowest BCUT2D eigenvalue weighted by Gasteiger charge is -2.38. The van der Waals surface area contributed by atoms with Gasteiger partial charge in [0, 0.05) is 66.9 Å². The molecular formula is C43H31N3S2. The van der Waals surface area contributed by atoms with E-state index in [2.05, 4.69) is 155 Å². The molecule has 2 aliphatic heterocycles. The zero-order valence-corrected chi connectivity index (χ0v) is 27.8. The number of pyridine rings is 1. The molecule has 0 amide bonds. The number of aromatic nitrogens is 1. The lowest BCUT2D eigenvalue weighted by Crippen LogP contribution is -2.36. The number of anilines is 4. The van der Waals surface area contributed by atoms with Crippen molar-refractivity contribution in [3.63, 3.8) is 0 Å². The van der Waals surface area contributed by atoms with Crippen LogP contribution in [0.15, 0.2) is 157 Å². The van der Waals surface area contributed by atoms with Crippen LogP contribution in [0, 0.1) is 0 Å². The van der Waals surface area contributed by atoms with Crippen molar-refractivity contribution >= 4 is 66.2 Å². The van der Waals surface area contributed by atoms with Crippen LogP contribution < -0.4 is 9.80 Å². The number of fused-ring (bicyclic) bond motifs is 7. The third-order valence-corrected chi connectivity index (χ3v) is 12.6. The Labute approximate surface area is 288 Å². The van der Waals surface area contributed by atoms with Gasteiger partial charge in [-0.15, -0.1) is 23.1 Å². The van der Waals surface area contributed by atoms with Gasteiger partial charge < -0.3 is 9.80 Å². The van der Waals surface area contributed by atoms with E-state index in [1.54, 1.807) is 0 Å². The molecule has 0 spiro atoms. The summed E-state index contributed by atoms with van der Waals surface area (Å²) >= 11 is 3.88. The van der Waals surface area contributed by atoms with Crippen molar-refractivity contribution in [2.75, 3.05) is 22.9 Å². The van der Waals surface area contributed by atoms with Crippen molar-refractivity contribution in [3.05, 3.63) is 157 Å². The molecule has 3 nitrogen and oxygen atoms in total. The first-order chi connectivity index (χ1) is 23.8. The van der Waals surface area contributed by atoms with Crippen molar-refractivity contribution in [1.29, 1.82) is 0 Å². The zero-order chi connectivity index (χ0) is 31.6. The predicted octanol–water partition coefficient (Wildman–Crippen LogP) is 11.8. The van der Waals surface area contributed by atoms with Gasteiger partial charge in [-0.2, -0.15) is 0 Å². The molecule has 0 saturated heterocycles. The van der Waals surface area contributed by atoms with Crippen molar-refractivity contribution in [3.8, 4) is 22.3 Å². The summed E-state index contributed by atoms with van der Waals surface area (Å²) in [4.78, 5) is 11.2. The first kappa shape index (κ1) is 28.0. The predicted molar refractivity (Wildman–Crippen MR) is 206 cm³/mol. The van der Waals surface area contributed by atoms with Crippen molar-refractivity contribution in [2.45, 2.75) is 16.1 Å². The van der Waals surface area contributed by atoms with Crippen molar-refractivity contribution in [1.82, 2.24) is 4.98 Å². The molecule has 2 unspecified atom stereocenters. The standard InChI is InChI=1S/C43H31N3S2/c1-3-21-39-34(14-1)36-18-7-16-32(41(36)47-39)28-10-5-12-30(26-28)45-24-25-46(43-38(45)20-9-23-44-43)31-13-6-11-29(27-31)33-17-8-19-37-35-15-2-4-22-40(35)48-42(33)37/h1-23,26-27,34,39H,24-25H2. The Morgan fingerprint density at radius 1 is 0.625 bits per heavy atom. The summed E-state index contributed by atoms with van der Waals surface area (Å²) in [5, 5.41) is 3.14. The van der Waals surface area contributed by atoms with Crippen LogP contribution in [0.1, 0.15) is 11.5 Å². The molecule has 2 aromatic heterocycles. The fourth-order valence-electron chi connectivity index (χ4n) is 7.70. The van der Waals surface area contributed by atoms with Crippen LogP contribution in [-0.4, -0.2) is 23.3 Å². The maximum Gasteiger partial charge on any atom is 0.157 e. The van der Waals surface area contributed by atoms with E-state index in [1.165, 1.54) is 64.3 Å². The number of thioether (sulfide) groups is 1. The molecule has 2 atom stereocenters. The molecule has 0 radical (unpaired) electrons. The third kappa shape index (κ3) is 4.45. The van der Waals surface area contributed by atoms with E-state index in [1.807, 2.05) is 29.3 Å². The smallest absolute Gasteiger partial charge is 0.157 e. The van der Waals surface area contributed by atoms with Gasteiger partial charge in [0.25, 0.3) is 0 Å². The summed E-state index contributed by atoms with van der Waals surface area (Å²) in [6, 6.07) is 44.6. The molecule has 7 aromatic rings. The van der Waals surface area contributed by atoms with Gasteiger partial charge in [-0.1, -0.05) is 103 Å². The highest BCUT2D eigenvalue weighted by molar-refractivity contribution is 8.00. The second-order valence-corrected chi connectivity index (χ2v) is 14.9. The number of hydrogen-bond donors (Lipinski definition) is 0. The summed E-state index contributed by atoms with van der Waals surface area (Å²) in [6.45, 7) is 1.70. The molecule has 5 heteroatoms. The summed E-state index contributed by atoms with van der Waals surface area (Å²) < 4.78 is 2.67. The third-order valence-electron chi connectivity index (χ3n) is 9.94. The Morgan fingerprint density at radius 3 is 2.27 bits per heavy atom. The topological polar surface area (TPSA) is 19.4 Å². The van der Waals surface area contributed by atoms with Crippen LogP contribution >= 0.6 is 23.1 Å². The van der Waals surface area contributed by atoms with Crippen LogP contribution in [0.25, 0.3) is 42.4 Å². The highest BCUT2D eigenvalue weighted by Crippen LogP contribution is 2.52. The zero-order valence-electron chi connectivity index (χ0n) is 26.2. The summed E-state index contributed by atoms with van der Waals surface area (Å²) in [6.07, 6.45) is 11.0. The molecule has 0 fully saturated rings. The van der Waals surface area contributed by atoms with Crippen molar-refractivity contribution < 1.29 is 0 Å². The minimum Gasteiger partial charge on any atom is -0.337 e. The molecule has 230 valence electrons. The molecular weight excluding hydrogens is 623 g/mol. The number of allylic oxidation sites excluding steroid dienone is 3. The summed E-state index contributed by atoms with van der Waals surface area (Å²) in [5.41, 5.74) is 10.0. The van der Waals surface area contributed by atoms with Gasteiger partial charge in [0.15, 0.2) is 5.82 Å². The molecule has 1 aliphatic carbocycles. The Kier molecular flexibility index (Phi) is 6.56. The molecule has 48 heavy (non-hydrogen) atoms. The Hall–Kier alpha value is -5.10. The maximum absolute atomic E-state index is 4.97. The largest absolute Gasteiger partial charge is 0.337 e. The minimum atomic E-state index is 0.459. The second-order valence-electron chi connectivity index (χ2n) is 12.6. The van der Waals surface area contributed by atoms with E-state index >= 15 is 0 Å². The first-order valence-corrected chi connectivity index (χ1v) is 18.3. The lowest BCUT2D eigenvalue weighted by molar-refractivity contribution is 0.833. The average Bonchev–Trinajstić information content (AvgIpc) is 3.73. The molecule has 0 bridgehead atoms. The molecule has 4 heterocycles. The first-order valence-electron chi connectivity index (χ1n) is 16.6. The monoisotopic (exact) mass is 653 g/mol. The molecule has 5 aromatic carbocycles. The van der Waals surface area contributed by atoms with E-state index < -0.39 is 0 Å². The van der Waals surface area contributed by atoms with Crippen LogP contribution in [0.4, 0.5) is 22.9 Å². The van der Waals surface area contributed by atoms with E-state index in [0.717, 1.165) is 24.6 Å². The van der Waals surface area contributed by atoms with Crippen LogP contribution in [0.3, 0.4) is 0 Å². The number of nitrogens with zero attached hydrogens (tertiary/aromatic N) is 3. The lowest BCUT2D eigenvalue weighted by atomic mass is 9.90. The van der Waals surface area contributed by atoms with E-state index in [4.69, 9.17) is 4.98 Å². The normalized spacial score (nSPS) is 17.9. The van der Waals surface area contributed by atoms with Crippen LogP contribution in [0.2, 0.25) is 0 Å². The maximum atomic E-state index is 4.97. The fraction of sp³-hybridized carbons (Fsp3) is 0.0930. The molecule has 3 aliphatic rings. The van der Waals surface area contributed by atoms with Gasteiger partial charge in [0.2, 0.25) is 0 Å². The Balaban J connectivity index is 1.00. The summed E-state index contributed by atoms with van der Waals surface area (Å²) in [5.74, 6) is 1.45. The molecule has 10 rings (SSSR count). The Bertz CT molecular complexity index is 2440. The van der Waals surface area contributed by atoms with Gasteiger partial charge in [-0.05, 0) is 70.3 Å². The van der Waals surface area contributed by atoms with E-state index in [-0.39, 0.29) is 0 Å². The number of hydrogen-bond acceptors (Lipinski definition) is 5. The van der Waals surface area contributed by atoms with Crippen LogP contribution in [-0.2, 0) is 0 Å². The Morgan fingerprint density at radius 2 is 1.35 bits per heavy atom. The summed E-state index contributed by atoms with van der Waals surface area (Å²) in [7, 11) is 0. The second kappa shape index (κ2) is 11.3. The highest BCUT2D eigenvalue weighted by Gasteiger charge is 2.33. The molecule has 0 N–H and O–H groups in total. The van der Waals surface area contributed by atoms with Crippen molar-refractivity contribution in [2.24, 2.45) is 0 Å². The average molecular weight is 654 g/mol. The van der Waals surface area contributed by atoms with Gasteiger partial charge in [-0.25, -0.2) is 4.98 Å². The minimum absolute atomic E-state index is 0.459. The van der Waals surface area contributed by atoms with Crippen LogP contribution in [0.5, 0.6) is 0 Å². The number of benzene rings is 5. The van der Waals surface area contributed by atoms with Gasteiger partial charge in [0.1, 0.15) is 0 Å². The van der Waals surface area contributed by atoms with Gasteiger partial charge >= 0.3 is 0 Å². The van der Waals surface area contributed by atoms with Gasteiger partial charge in [-0.3, -0.25) is 0 Å². The van der Waals surface area contributed by atoms with E-state index in [0.29, 0.717) is 11.2 Å². The highest BCUT2D eigenvalue weighted by atomic mass is 32.2. The van der Waals surface area contributed by atoms with Gasteiger partial charge in [0.05, 0.1) is 5.69 Å². The molecule has 0 saturated carbocycles. The fourth-order valence-corrected chi connectivity index (χ4v) is 10.4. The number of thiophene rings is 1. The number of rotatable bonds is 4. The van der Waals surface area contributed by atoms with E-state index in [9.17, 15) is 0 Å². The SMILES string of the molecule is C1=CC2Sc3c(-c4cccc(N5CCN(c6cccc(-c7cccc8c7sc7ccccc78)c6)c6ncccc65)c4)cccc3C2C=C1.